The van der Waals surface area contributed by atoms with E-state index in [0.717, 1.165) is 10.1 Å². The van der Waals surface area contributed by atoms with Gasteiger partial charge < -0.3 is 10.2 Å². The molecule has 0 atom stereocenters. The van der Waals surface area contributed by atoms with Gasteiger partial charge >= 0.3 is 6.55 Å². The highest BCUT2D eigenvalue weighted by Gasteiger charge is 2.12. The Morgan fingerprint density at radius 3 is 2.76 bits per heavy atom. The second-order valence-corrected chi connectivity index (χ2v) is 6.12. The fourth-order valence-electron chi connectivity index (χ4n) is 2.25. The molecule has 0 aliphatic heterocycles. The number of nitrogens with one attached hydrogen (secondary N) is 1. The molecule has 0 fully saturated rings. The SMILES string of the molecule is CCNC(=NCc1nccn1C(F)F)N(C)Cc1ccc(Cl)c(Cl)c1. The minimum absolute atomic E-state index is 0.0470. The number of guanidine groups is 1. The average Bonchev–Trinajstić information content (AvgIpc) is 3.03. The zero-order valence-electron chi connectivity index (χ0n) is 13.9. The lowest BCUT2D eigenvalue weighted by molar-refractivity contribution is 0.0671. The second kappa shape index (κ2) is 9.01. The molecule has 0 aliphatic rings. The molecule has 9 heteroatoms. The van der Waals surface area contributed by atoms with Crippen LogP contribution in [0.5, 0.6) is 0 Å². The normalized spacial score (nSPS) is 11.9. The van der Waals surface area contributed by atoms with Gasteiger partial charge in [0.1, 0.15) is 12.4 Å². The van der Waals surface area contributed by atoms with Crippen molar-refractivity contribution in [2.24, 2.45) is 4.99 Å². The summed E-state index contributed by atoms with van der Waals surface area (Å²) in [4.78, 5) is 10.2. The summed E-state index contributed by atoms with van der Waals surface area (Å²) in [6.07, 6.45) is 2.57. The van der Waals surface area contributed by atoms with Crippen LogP contribution < -0.4 is 5.32 Å². The zero-order valence-corrected chi connectivity index (χ0v) is 15.4. The summed E-state index contributed by atoms with van der Waals surface area (Å²) in [6, 6.07) is 5.39. The first-order valence-electron chi connectivity index (χ1n) is 7.65. The second-order valence-electron chi connectivity index (χ2n) is 5.30. The molecule has 0 aliphatic carbocycles. The Balaban J connectivity index is 2.12. The Bertz CT molecular complexity index is 733. The maximum absolute atomic E-state index is 12.9. The molecule has 2 aromatic rings. The Kier molecular flexibility index (Phi) is 7.01. The van der Waals surface area contributed by atoms with Gasteiger partial charge in [-0.1, -0.05) is 29.3 Å². The fourth-order valence-corrected chi connectivity index (χ4v) is 2.57. The number of imidazole rings is 1. The monoisotopic (exact) mass is 389 g/mol. The number of benzene rings is 1. The van der Waals surface area contributed by atoms with Crippen LogP contribution in [0.2, 0.25) is 10.0 Å². The van der Waals surface area contributed by atoms with E-state index in [4.69, 9.17) is 23.2 Å². The number of alkyl halides is 2. The molecule has 0 radical (unpaired) electrons. The van der Waals surface area contributed by atoms with Crippen molar-refractivity contribution in [3.05, 3.63) is 52.0 Å². The van der Waals surface area contributed by atoms with E-state index < -0.39 is 6.55 Å². The van der Waals surface area contributed by atoms with Crippen molar-refractivity contribution < 1.29 is 8.78 Å². The molecule has 5 nitrogen and oxygen atoms in total. The van der Waals surface area contributed by atoms with Crippen molar-refractivity contribution in [1.82, 2.24) is 19.8 Å². The van der Waals surface area contributed by atoms with Crippen molar-refractivity contribution in [2.75, 3.05) is 13.6 Å². The first-order chi connectivity index (χ1) is 11.9. The van der Waals surface area contributed by atoms with Gasteiger partial charge in [-0.3, -0.25) is 4.57 Å². The van der Waals surface area contributed by atoms with Crippen molar-refractivity contribution >= 4 is 29.2 Å². The maximum atomic E-state index is 12.9. The Morgan fingerprint density at radius 1 is 1.36 bits per heavy atom. The van der Waals surface area contributed by atoms with Crippen LogP contribution in [0.3, 0.4) is 0 Å². The number of nitrogens with zero attached hydrogens (tertiary/aromatic N) is 4. The van der Waals surface area contributed by atoms with Crippen LogP contribution in [0, 0.1) is 0 Å². The summed E-state index contributed by atoms with van der Waals surface area (Å²) in [5, 5.41) is 4.11. The smallest absolute Gasteiger partial charge is 0.319 e. The van der Waals surface area contributed by atoms with E-state index in [9.17, 15) is 8.78 Å². The van der Waals surface area contributed by atoms with Gasteiger partial charge in [0, 0.05) is 32.5 Å². The minimum atomic E-state index is -2.63. The van der Waals surface area contributed by atoms with Crippen LogP contribution in [0.1, 0.15) is 24.9 Å². The predicted octanol–water partition coefficient (Wildman–Crippen LogP) is 4.18. The third kappa shape index (κ3) is 5.31. The lowest BCUT2D eigenvalue weighted by Crippen LogP contribution is -2.38. The highest BCUT2D eigenvalue weighted by atomic mass is 35.5. The van der Waals surface area contributed by atoms with E-state index in [-0.39, 0.29) is 12.4 Å². The third-order valence-electron chi connectivity index (χ3n) is 3.43. The van der Waals surface area contributed by atoms with E-state index in [2.05, 4.69) is 15.3 Å². The largest absolute Gasteiger partial charge is 0.357 e. The van der Waals surface area contributed by atoms with E-state index in [0.29, 0.717) is 29.1 Å². The van der Waals surface area contributed by atoms with Crippen molar-refractivity contribution in [1.29, 1.82) is 0 Å². The molecular weight excluding hydrogens is 371 g/mol. The van der Waals surface area contributed by atoms with E-state index in [1.54, 1.807) is 12.1 Å². The van der Waals surface area contributed by atoms with Gasteiger partial charge in [0.15, 0.2) is 5.96 Å². The highest BCUT2D eigenvalue weighted by Crippen LogP contribution is 2.23. The van der Waals surface area contributed by atoms with Crippen LogP contribution in [0.15, 0.2) is 35.6 Å². The quantitative estimate of drug-likeness (QED) is 0.595. The lowest BCUT2D eigenvalue weighted by atomic mass is 10.2. The number of rotatable bonds is 6. The van der Waals surface area contributed by atoms with Gasteiger partial charge in [-0.15, -0.1) is 0 Å². The molecule has 1 aromatic carbocycles. The molecule has 0 amide bonds. The number of hydrogen-bond acceptors (Lipinski definition) is 2. The number of aromatic nitrogens is 2. The first kappa shape index (κ1) is 19.5. The summed E-state index contributed by atoms with van der Waals surface area (Å²) in [7, 11) is 1.85. The van der Waals surface area contributed by atoms with Gasteiger partial charge in [-0.2, -0.15) is 8.78 Å². The highest BCUT2D eigenvalue weighted by molar-refractivity contribution is 6.42. The third-order valence-corrected chi connectivity index (χ3v) is 4.17. The summed E-state index contributed by atoms with van der Waals surface area (Å²) < 4.78 is 26.5. The summed E-state index contributed by atoms with van der Waals surface area (Å²) in [5.41, 5.74) is 0.955. The van der Waals surface area contributed by atoms with Crippen molar-refractivity contribution in [2.45, 2.75) is 26.6 Å². The van der Waals surface area contributed by atoms with Crippen LogP contribution in [0.4, 0.5) is 8.78 Å². The molecule has 1 N–H and O–H groups in total. The molecule has 0 bridgehead atoms. The van der Waals surface area contributed by atoms with Gasteiger partial charge in [-0.05, 0) is 24.6 Å². The minimum Gasteiger partial charge on any atom is -0.357 e. The molecule has 0 saturated heterocycles. The van der Waals surface area contributed by atoms with Crippen LogP contribution >= 0.6 is 23.2 Å². The zero-order chi connectivity index (χ0) is 18.4. The number of aliphatic imine (C=N–C) groups is 1. The van der Waals surface area contributed by atoms with Gasteiger partial charge in [0.2, 0.25) is 0 Å². The number of halogens is 4. The molecule has 136 valence electrons. The first-order valence-corrected chi connectivity index (χ1v) is 8.41. The van der Waals surface area contributed by atoms with Gasteiger partial charge in [-0.25, -0.2) is 9.98 Å². The van der Waals surface area contributed by atoms with Crippen LogP contribution in [-0.4, -0.2) is 34.0 Å². The lowest BCUT2D eigenvalue weighted by Gasteiger charge is -2.22. The molecule has 0 saturated carbocycles. The molecule has 1 heterocycles. The Morgan fingerprint density at radius 2 is 2.12 bits per heavy atom. The molecule has 1 aromatic heterocycles. The van der Waals surface area contributed by atoms with Gasteiger partial charge in [0.05, 0.1) is 10.0 Å². The van der Waals surface area contributed by atoms with E-state index in [1.165, 1.54) is 12.4 Å². The fraction of sp³-hybridized carbons (Fsp3) is 0.375. The topological polar surface area (TPSA) is 45.5 Å². The van der Waals surface area contributed by atoms with E-state index in [1.807, 2.05) is 24.9 Å². The van der Waals surface area contributed by atoms with Crippen LogP contribution in [-0.2, 0) is 13.1 Å². The molecule has 0 unspecified atom stereocenters. The van der Waals surface area contributed by atoms with E-state index >= 15 is 0 Å². The van der Waals surface area contributed by atoms with Crippen molar-refractivity contribution in [3.8, 4) is 0 Å². The van der Waals surface area contributed by atoms with Crippen molar-refractivity contribution in [3.63, 3.8) is 0 Å². The predicted molar refractivity (Wildman–Crippen MR) is 96.2 cm³/mol. The summed E-state index contributed by atoms with van der Waals surface area (Å²) in [5.74, 6) is 0.783. The maximum Gasteiger partial charge on any atom is 0.319 e. The Labute approximate surface area is 155 Å². The average molecular weight is 390 g/mol. The standard InChI is InChI=1S/C16H19Cl2F2N5/c1-3-21-16(23-9-14-22-6-7-25(14)15(19)20)24(2)10-11-4-5-12(17)13(18)8-11/h4-8,15H,3,9-10H2,1-2H3,(H,21,23). The summed E-state index contributed by atoms with van der Waals surface area (Å²) in [6.45, 7) is 0.526. The molecule has 25 heavy (non-hydrogen) atoms. The molecule has 0 spiro atoms. The Hall–Kier alpha value is -1.86. The van der Waals surface area contributed by atoms with Crippen LogP contribution in [0.25, 0.3) is 0 Å². The van der Waals surface area contributed by atoms with Gasteiger partial charge in [0.25, 0.3) is 0 Å². The molecule has 2 rings (SSSR count). The molecular formula is C16H19Cl2F2N5. The summed E-state index contributed by atoms with van der Waals surface area (Å²) >= 11 is 12.0. The number of hydrogen-bond donors (Lipinski definition) is 1.